The van der Waals surface area contributed by atoms with Crippen LogP contribution in [0.3, 0.4) is 0 Å². The van der Waals surface area contributed by atoms with Crippen LogP contribution < -0.4 is 18.9 Å². The number of ether oxygens (including phenoxy) is 4. The van der Waals surface area contributed by atoms with Gasteiger partial charge < -0.3 is 44.0 Å². The van der Waals surface area contributed by atoms with E-state index >= 15 is 0 Å². The van der Waals surface area contributed by atoms with E-state index < -0.39 is 0 Å². The Hall–Kier alpha value is -9.35. The quantitative estimate of drug-likeness (QED) is 0.0369. The summed E-state index contributed by atoms with van der Waals surface area (Å²) in [5.41, 5.74) is 7.94. The normalized spacial score (nSPS) is 21.2. The molecular weight excluding hydrogens is 1670 g/mol. The van der Waals surface area contributed by atoms with Gasteiger partial charge in [0.25, 0.3) is 0 Å². The number of furan rings is 4. The number of carbonyl (C=O) groups is 4. The molecule has 5 aliphatic carbocycles. The number of aryl methyl sites for hydroxylation is 2. The van der Waals surface area contributed by atoms with E-state index in [1.165, 1.54) is 102 Å². The van der Waals surface area contributed by atoms with Crippen molar-refractivity contribution in [3.8, 4) is 23.0 Å². The van der Waals surface area contributed by atoms with Crippen LogP contribution in [0.4, 0.5) is 0 Å². The van der Waals surface area contributed by atoms with Gasteiger partial charge in [-0.1, -0.05) is 66.9 Å². The molecule has 8 atom stereocenters. The Morgan fingerprint density at radius 1 is 0.407 bits per heavy atom. The van der Waals surface area contributed by atoms with Gasteiger partial charge in [0, 0.05) is 143 Å². The first-order chi connectivity index (χ1) is 54.3. The molecule has 0 N–H and O–H groups in total. The summed E-state index contributed by atoms with van der Waals surface area (Å²) < 4.78 is 46.7. The van der Waals surface area contributed by atoms with Crippen LogP contribution in [0.1, 0.15) is 119 Å². The first-order valence-corrected chi connectivity index (χ1v) is 40.5. The van der Waals surface area contributed by atoms with E-state index in [2.05, 4.69) is 117 Å². The Morgan fingerprint density at radius 3 is 1.00 bits per heavy atom. The minimum atomic E-state index is -0.253. The summed E-state index contributed by atoms with van der Waals surface area (Å²) >= 11 is 3.37. The van der Waals surface area contributed by atoms with Crippen LogP contribution in [0.25, 0.3) is 87.0 Å². The standard InChI is InChI=1S/2C25H25NO4.C22H25NO2.C17H17BrO2.2CO2.CH3.W/c2*27-18-2-4-21(23(28)11-18)22-14-30-24-6-1-15-10-19(3-5-20(15)25(22)24)29-8-7-26-12-16-9-17(16)13-26;1-2-3-16-14-25-21-7-4-15-11-19(5-6-20(15)22(16)21)24-9-8-23-12-17-10-18(17)13-23;1-2-3-13-11-20-16-7-4-12-10-14(19-9-8-18)5-6-15(12)17(13)16;2*2-1-3;;/h2*1,3,5-6,10,14,16-17,21H,2,4,7-9,11-13H2;4-7,11,14,17-18H,2-3,8-10,12-13H2,1H3;4-7,10-11H,2-3,8-9H2,1H3;;;1H3;/q;;;;;;-1;. The Balaban J connectivity index is 0.000000129. The minimum Gasteiger partial charge on any atom is -0.493 e. The molecule has 0 radical (unpaired) electrons. The third-order valence-corrected chi connectivity index (χ3v) is 23.9. The van der Waals surface area contributed by atoms with Crippen molar-refractivity contribution in [1.29, 1.82) is 0 Å². The number of fused-ring (bicyclic) bond motifs is 15. The summed E-state index contributed by atoms with van der Waals surface area (Å²) in [5, 5.41) is 14.5. The fourth-order valence-corrected chi connectivity index (χ4v) is 18.0. The molecule has 8 aliphatic rings. The van der Waals surface area contributed by atoms with Crippen molar-refractivity contribution in [2.24, 2.45) is 35.5 Å². The summed E-state index contributed by atoms with van der Waals surface area (Å²) in [6.45, 7) is 17.8. The van der Waals surface area contributed by atoms with Gasteiger partial charge >= 0.3 is 12.3 Å². The molecule has 12 aromatic rings. The fraction of sp³-hybridized carbons (Fsp3) is 0.402. The third-order valence-electron chi connectivity index (χ3n) is 23.6. The van der Waals surface area contributed by atoms with Crippen LogP contribution in [-0.2, 0) is 72.3 Å². The number of carbonyl (C=O) groups excluding carboxylic acids is 8. The number of ketones is 4. The number of piperidine rings is 3. The Kier molecular flexibility index (Phi) is 26.9. The molecule has 3 saturated heterocycles. The van der Waals surface area contributed by atoms with Crippen molar-refractivity contribution >= 4 is 138 Å². The van der Waals surface area contributed by atoms with Gasteiger partial charge in [-0.15, -0.1) is 0 Å². The average molecular weight is 1760 g/mol. The second kappa shape index (κ2) is 37.3. The van der Waals surface area contributed by atoms with E-state index in [4.69, 9.17) is 55.8 Å². The molecule has 8 fully saturated rings. The molecule has 3 aliphatic heterocycles. The maximum Gasteiger partial charge on any atom is 0.373 e. The predicted molar refractivity (Wildman–Crippen MR) is 432 cm³/mol. The molecule has 4 aromatic heterocycles. The van der Waals surface area contributed by atoms with Crippen LogP contribution in [0.5, 0.6) is 23.0 Å². The van der Waals surface area contributed by atoms with Gasteiger partial charge in [0.1, 0.15) is 88.3 Å². The van der Waals surface area contributed by atoms with Crippen molar-refractivity contribution in [2.75, 3.05) is 90.7 Å². The molecule has 8 aromatic carbocycles. The zero-order chi connectivity index (χ0) is 76.7. The first kappa shape index (κ1) is 81.7. The molecule has 0 bridgehead atoms. The van der Waals surface area contributed by atoms with E-state index in [-0.39, 0.29) is 88.6 Å². The number of likely N-dealkylation sites (tertiary alicyclic amines) is 3. The van der Waals surface area contributed by atoms with E-state index in [1.54, 1.807) is 12.5 Å². The van der Waals surface area contributed by atoms with E-state index in [9.17, 15) is 19.2 Å². The summed E-state index contributed by atoms with van der Waals surface area (Å²) in [6.07, 6.45) is 18.5. The Bertz CT molecular complexity index is 5270. The van der Waals surface area contributed by atoms with Gasteiger partial charge in [-0.05, 0) is 232 Å². The van der Waals surface area contributed by atoms with Gasteiger partial charge in [-0.3, -0.25) is 33.9 Å². The zero-order valence-corrected chi connectivity index (χ0v) is 68.7. The van der Waals surface area contributed by atoms with Gasteiger partial charge in [-0.2, -0.15) is 19.2 Å². The molecule has 7 heterocycles. The zero-order valence-electron chi connectivity index (χ0n) is 64.2. The average Bonchev–Trinajstić information content (AvgIpc) is 1.65. The van der Waals surface area contributed by atoms with Crippen molar-refractivity contribution in [1.82, 2.24) is 14.7 Å². The largest absolute Gasteiger partial charge is 0.493 e. The molecule has 0 amide bonds. The summed E-state index contributed by atoms with van der Waals surface area (Å²) in [5.74, 6) is 9.01. The molecule has 113 heavy (non-hydrogen) atoms. The SMILES string of the molecule is CCCc1coc2ccc3cc(OCCBr)ccc3c12.CCCc1coc2ccc3cc(OCCN4CC5CC5C4)ccc3c12.O=C1CCC(c2coc3ccc4cc(OCCN5CC6CC6C5)ccc4c23)C(=O)C1.O=C1CCC(c2coc3ccc4cc(OCCN5CC6CC6C5)ccc4c23)C(=O)C1.O=C=O.O=C=O.[CH3-].[W]. The Morgan fingerprint density at radius 2 is 0.699 bits per heavy atom. The van der Waals surface area contributed by atoms with E-state index in [1.807, 2.05) is 61.1 Å². The summed E-state index contributed by atoms with van der Waals surface area (Å²) in [6, 6.07) is 41.4. The molecule has 588 valence electrons. The van der Waals surface area contributed by atoms with Crippen LogP contribution in [-0.4, -0.2) is 141 Å². The number of hydrogen-bond acceptors (Lipinski definition) is 19. The number of alkyl halides is 1. The predicted octanol–water partition coefficient (Wildman–Crippen LogP) is 18.1. The van der Waals surface area contributed by atoms with Crippen LogP contribution in [0.2, 0.25) is 0 Å². The first-order valence-electron chi connectivity index (χ1n) is 39.3. The minimum absolute atomic E-state index is 0. The number of halogens is 1. The monoisotopic (exact) mass is 1760 g/mol. The van der Waals surface area contributed by atoms with Crippen molar-refractivity contribution in [2.45, 2.75) is 109 Å². The van der Waals surface area contributed by atoms with Gasteiger partial charge in [0.2, 0.25) is 0 Å². The smallest absolute Gasteiger partial charge is 0.373 e. The molecule has 20 rings (SSSR count). The van der Waals surface area contributed by atoms with Crippen molar-refractivity contribution in [3.05, 3.63) is 176 Å². The molecule has 5 saturated carbocycles. The summed E-state index contributed by atoms with van der Waals surface area (Å²) in [7, 11) is 0. The molecule has 8 unspecified atom stereocenters. The van der Waals surface area contributed by atoms with Crippen molar-refractivity contribution < 1.29 is 96.0 Å². The molecule has 19 nitrogen and oxygen atoms in total. The second-order valence-corrected chi connectivity index (χ2v) is 31.8. The number of hydrogen-bond donors (Lipinski definition) is 0. The summed E-state index contributed by atoms with van der Waals surface area (Å²) in [4.78, 5) is 88.3. The molecular formula is C92H95BrN3O16W-. The van der Waals surface area contributed by atoms with Gasteiger partial charge in [0.05, 0.1) is 44.5 Å². The number of nitrogens with zero attached hydrogens (tertiary/aromatic N) is 3. The van der Waals surface area contributed by atoms with E-state index in [0.29, 0.717) is 45.5 Å². The molecule has 0 spiro atoms. The number of benzene rings is 8. The maximum absolute atomic E-state index is 12.5. The van der Waals surface area contributed by atoms with Gasteiger partial charge in [-0.25, -0.2) is 0 Å². The van der Waals surface area contributed by atoms with Crippen molar-refractivity contribution in [3.63, 3.8) is 0 Å². The third kappa shape index (κ3) is 18.9. The van der Waals surface area contributed by atoms with Crippen LogP contribution in [0.15, 0.2) is 164 Å². The van der Waals surface area contributed by atoms with Gasteiger partial charge in [0.15, 0.2) is 0 Å². The van der Waals surface area contributed by atoms with Crippen LogP contribution >= 0.6 is 15.9 Å². The number of Topliss-reactive ketones (excluding diaryl/α,β-unsaturated/α-hetero) is 4. The Labute approximate surface area is 679 Å². The topological polar surface area (TPSA) is 236 Å². The second-order valence-electron chi connectivity index (χ2n) is 31.0. The fourth-order valence-electron chi connectivity index (χ4n) is 17.8. The van der Waals surface area contributed by atoms with E-state index in [0.717, 1.165) is 182 Å². The number of rotatable bonds is 21. The van der Waals surface area contributed by atoms with Crippen LogP contribution in [0, 0.1) is 42.9 Å². The molecule has 21 heteroatoms. The maximum atomic E-state index is 12.5.